The van der Waals surface area contributed by atoms with E-state index in [1.807, 2.05) is 0 Å². The van der Waals surface area contributed by atoms with Crippen LogP contribution < -0.4 is 4.74 Å². The molecule has 0 aliphatic heterocycles. The molecule has 0 amide bonds. The van der Waals surface area contributed by atoms with Gasteiger partial charge in [0.05, 0.1) is 0 Å². The Morgan fingerprint density at radius 2 is 1.30 bits per heavy atom. The predicted molar refractivity (Wildman–Crippen MR) is 143 cm³/mol. The molecule has 3 aromatic carbocycles. The maximum atomic E-state index is 15.7. The highest BCUT2D eigenvalue weighted by molar-refractivity contribution is 5.41. The summed E-state index contributed by atoms with van der Waals surface area (Å²) in [4.78, 5) is 0. The van der Waals surface area contributed by atoms with E-state index in [1.54, 1.807) is 6.92 Å². The fraction of sp³-hybridized carbons (Fsp3) is 0.455. The molecule has 1 atom stereocenters. The quantitative estimate of drug-likeness (QED) is 0.186. The van der Waals surface area contributed by atoms with Gasteiger partial charge in [0.25, 0.3) is 0 Å². The molecule has 1 unspecified atom stereocenters. The number of aryl methyl sites for hydroxylation is 2. The molecule has 5 rings (SSSR count). The lowest BCUT2D eigenvalue weighted by atomic mass is 9.73. The Kier molecular flexibility index (Phi) is 9.23. The van der Waals surface area contributed by atoms with Crippen LogP contribution in [-0.4, -0.2) is 6.36 Å². The Hall–Kier alpha value is -3.24. The van der Waals surface area contributed by atoms with Crippen molar-refractivity contribution < 1.29 is 48.6 Å². The lowest BCUT2D eigenvalue weighted by Crippen LogP contribution is -2.23. The first-order chi connectivity index (χ1) is 20.8. The van der Waals surface area contributed by atoms with Gasteiger partial charge in [0, 0.05) is 5.56 Å². The molecular formula is C33H30F10O. The fourth-order valence-electron chi connectivity index (χ4n) is 6.81. The molecule has 0 spiro atoms. The normalized spacial score (nSPS) is 20.5. The number of rotatable bonds is 7. The second-order valence-electron chi connectivity index (χ2n) is 11.7. The van der Waals surface area contributed by atoms with Crippen LogP contribution in [0.15, 0.2) is 24.3 Å². The monoisotopic (exact) mass is 632 g/mol. The third-order valence-electron chi connectivity index (χ3n) is 9.18. The zero-order valence-electron chi connectivity index (χ0n) is 23.8. The summed E-state index contributed by atoms with van der Waals surface area (Å²) < 4.78 is 145. The zero-order valence-corrected chi connectivity index (χ0v) is 23.8. The summed E-state index contributed by atoms with van der Waals surface area (Å²) in [5, 5.41) is 0. The lowest BCUT2D eigenvalue weighted by Gasteiger charge is -2.32. The Labute approximate surface area is 248 Å². The number of hydrogen-bond acceptors (Lipinski definition) is 1. The highest BCUT2D eigenvalue weighted by Crippen LogP contribution is 2.46. The highest BCUT2D eigenvalue weighted by Gasteiger charge is 2.37. The molecule has 0 aromatic heterocycles. The molecule has 1 fully saturated rings. The first kappa shape index (κ1) is 32.2. The van der Waals surface area contributed by atoms with Gasteiger partial charge in [0.15, 0.2) is 34.8 Å². The van der Waals surface area contributed by atoms with Crippen molar-refractivity contribution in [3.05, 3.63) is 98.4 Å². The summed E-state index contributed by atoms with van der Waals surface area (Å²) in [5.41, 5.74) is -0.0434. The summed E-state index contributed by atoms with van der Waals surface area (Å²) in [6, 6.07) is 4.75. The Balaban J connectivity index is 1.28. The van der Waals surface area contributed by atoms with Crippen LogP contribution in [0.4, 0.5) is 43.9 Å². The van der Waals surface area contributed by atoms with E-state index in [1.165, 1.54) is 12.1 Å². The second-order valence-corrected chi connectivity index (χ2v) is 11.7. The average molecular weight is 633 g/mol. The van der Waals surface area contributed by atoms with Crippen LogP contribution in [0.2, 0.25) is 0 Å². The standard InChI is InChI=1S/C33H30F10O/c1-2-17-6-11-20(27(35)26(17)34)5-3-16-4-12-22-23(15-16)30(38)32(40)25(28(22)36)19-9-7-18(8-10-19)21-13-14-24(31(39)29(21)37)44-33(41,42)43/h6,11,13-14,16,18-19H,2-5,7-10,12,15H2,1H3. The molecule has 1 nitrogen and oxygen atoms in total. The Morgan fingerprint density at radius 3 is 1.95 bits per heavy atom. The Morgan fingerprint density at radius 1 is 0.659 bits per heavy atom. The van der Waals surface area contributed by atoms with E-state index in [9.17, 15) is 30.7 Å². The number of alkyl halides is 3. The van der Waals surface area contributed by atoms with Crippen LogP contribution in [0.1, 0.15) is 90.7 Å². The molecule has 2 aliphatic carbocycles. The maximum absolute atomic E-state index is 15.7. The van der Waals surface area contributed by atoms with Gasteiger partial charge in [-0.1, -0.05) is 25.1 Å². The van der Waals surface area contributed by atoms with E-state index in [2.05, 4.69) is 4.74 Å². The van der Waals surface area contributed by atoms with Crippen LogP contribution in [0, 0.1) is 46.6 Å². The van der Waals surface area contributed by atoms with Crippen LogP contribution in [0.25, 0.3) is 0 Å². The van der Waals surface area contributed by atoms with Gasteiger partial charge < -0.3 is 4.74 Å². The van der Waals surface area contributed by atoms with E-state index in [4.69, 9.17) is 0 Å². The average Bonchev–Trinajstić information content (AvgIpc) is 2.99. The number of halogens is 10. The number of hydrogen-bond donors (Lipinski definition) is 0. The number of benzene rings is 3. The molecule has 0 bridgehead atoms. The third-order valence-corrected chi connectivity index (χ3v) is 9.18. The summed E-state index contributed by atoms with van der Waals surface area (Å²) in [7, 11) is 0. The first-order valence-corrected chi connectivity index (χ1v) is 14.7. The molecule has 3 aromatic rings. The van der Waals surface area contributed by atoms with Crippen molar-refractivity contribution in [1.82, 2.24) is 0 Å². The molecular weight excluding hydrogens is 602 g/mol. The Bertz CT molecular complexity index is 1540. The largest absolute Gasteiger partial charge is 0.573 e. The second kappa shape index (κ2) is 12.6. The van der Waals surface area contributed by atoms with Crippen LogP contribution >= 0.6 is 0 Å². The van der Waals surface area contributed by atoms with Crippen molar-refractivity contribution in [1.29, 1.82) is 0 Å². The van der Waals surface area contributed by atoms with Gasteiger partial charge in [-0.2, -0.15) is 4.39 Å². The maximum Gasteiger partial charge on any atom is 0.573 e. The SMILES string of the molecule is CCc1ccc(CCC2CCc3c(F)c(C4CCC(c5ccc(OC(F)(F)F)c(F)c5F)CC4)c(F)c(F)c3C2)c(F)c1F. The molecule has 0 heterocycles. The minimum atomic E-state index is -5.20. The van der Waals surface area contributed by atoms with Gasteiger partial charge in [0.1, 0.15) is 5.82 Å². The van der Waals surface area contributed by atoms with Crippen LogP contribution in [0.5, 0.6) is 5.75 Å². The van der Waals surface area contributed by atoms with Gasteiger partial charge in [-0.15, -0.1) is 13.2 Å². The van der Waals surface area contributed by atoms with Gasteiger partial charge in [-0.05, 0) is 116 Å². The van der Waals surface area contributed by atoms with Gasteiger partial charge in [0.2, 0.25) is 5.82 Å². The molecule has 0 radical (unpaired) electrons. The topological polar surface area (TPSA) is 9.23 Å². The van der Waals surface area contributed by atoms with Gasteiger partial charge in [-0.25, -0.2) is 26.3 Å². The summed E-state index contributed by atoms with van der Waals surface area (Å²) >= 11 is 0. The predicted octanol–water partition coefficient (Wildman–Crippen LogP) is 10.3. The van der Waals surface area contributed by atoms with E-state index >= 15 is 13.2 Å². The first-order valence-electron chi connectivity index (χ1n) is 14.7. The smallest absolute Gasteiger partial charge is 0.403 e. The molecule has 0 saturated heterocycles. The zero-order chi connectivity index (χ0) is 31.9. The van der Waals surface area contributed by atoms with Crippen molar-refractivity contribution in [3.63, 3.8) is 0 Å². The molecule has 238 valence electrons. The number of ether oxygens (including phenoxy) is 1. The fourth-order valence-corrected chi connectivity index (χ4v) is 6.81. The third kappa shape index (κ3) is 6.29. The van der Waals surface area contributed by atoms with Crippen molar-refractivity contribution in [2.45, 2.75) is 89.3 Å². The van der Waals surface area contributed by atoms with Crippen molar-refractivity contribution in [2.75, 3.05) is 0 Å². The van der Waals surface area contributed by atoms with Crippen molar-refractivity contribution in [3.8, 4) is 5.75 Å². The minimum Gasteiger partial charge on any atom is -0.403 e. The van der Waals surface area contributed by atoms with E-state index in [-0.39, 0.29) is 84.2 Å². The van der Waals surface area contributed by atoms with Crippen molar-refractivity contribution >= 4 is 0 Å². The molecule has 44 heavy (non-hydrogen) atoms. The van der Waals surface area contributed by atoms with E-state index in [0.717, 1.165) is 6.07 Å². The summed E-state index contributed by atoms with van der Waals surface area (Å²) in [5.74, 6) is -11.1. The van der Waals surface area contributed by atoms with Crippen LogP contribution in [-0.2, 0) is 25.7 Å². The molecule has 11 heteroatoms. The molecule has 0 N–H and O–H groups in total. The number of fused-ring (bicyclic) bond motifs is 1. The van der Waals surface area contributed by atoms with E-state index < -0.39 is 64.7 Å². The summed E-state index contributed by atoms with van der Waals surface area (Å²) in [6.45, 7) is 1.71. The van der Waals surface area contributed by atoms with Gasteiger partial charge in [-0.3, -0.25) is 0 Å². The summed E-state index contributed by atoms with van der Waals surface area (Å²) in [6.07, 6.45) is -3.07. The highest BCUT2D eigenvalue weighted by atomic mass is 19.4. The molecule has 1 saturated carbocycles. The lowest BCUT2D eigenvalue weighted by molar-refractivity contribution is -0.275. The van der Waals surface area contributed by atoms with Crippen molar-refractivity contribution in [2.24, 2.45) is 5.92 Å². The molecule has 2 aliphatic rings. The minimum absolute atomic E-state index is 0.0536. The van der Waals surface area contributed by atoms with E-state index in [0.29, 0.717) is 25.3 Å². The van der Waals surface area contributed by atoms with Crippen LogP contribution in [0.3, 0.4) is 0 Å². The van der Waals surface area contributed by atoms with Gasteiger partial charge >= 0.3 is 6.36 Å².